The van der Waals surface area contributed by atoms with E-state index in [1.54, 1.807) is 28.6 Å². The van der Waals surface area contributed by atoms with Crippen LogP contribution in [0.3, 0.4) is 0 Å². The van der Waals surface area contributed by atoms with Crippen molar-refractivity contribution < 1.29 is 17.9 Å². The van der Waals surface area contributed by atoms with Crippen molar-refractivity contribution in [1.29, 1.82) is 0 Å². The standard InChI is InChI=1S/C20H31N3O4S/c1-15-13-22(14-16(2)27-15)17(3)20(24)21-18-7-9-19(10-8-18)28(25,26)23-11-5-4-6-12-23/h7-10,15-17H,4-6,11-14H2,1-3H3,(H,21,24)/t15-,16-,17+/m1/s1. The fraction of sp³-hybridized carbons (Fsp3) is 0.650. The topological polar surface area (TPSA) is 79.0 Å². The van der Waals surface area contributed by atoms with Crippen molar-refractivity contribution in [2.24, 2.45) is 0 Å². The smallest absolute Gasteiger partial charge is 0.243 e. The Morgan fingerprint density at radius 2 is 1.64 bits per heavy atom. The first-order valence-electron chi connectivity index (χ1n) is 10.1. The molecule has 0 saturated carbocycles. The minimum atomic E-state index is -3.45. The minimum absolute atomic E-state index is 0.0956. The lowest BCUT2D eigenvalue weighted by Crippen LogP contribution is -2.52. The van der Waals surface area contributed by atoms with Gasteiger partial charge in [0.05, 0.1) is 23.1 Å². The highest BCUT2D eigenvalue weighted by Crippen LogP contribution is 2.22. The molecule has 3 rings (SSSR count). The molecule has 28 heavy (non-hydrogen) atoms. The van der Waals surface area contributed by atoms with Crippen molar-refractivity contribution in [3.8, 4) is 0 Å². The van der Waals surface area contributed by atoms with E-state index in [9.17, 15) is 13.2 Å². The molecule has 1 aromatic rings. The molecule has 1 amide bonds. The SMILES string of the molecule is C[C@@H]1CN([C@@H](C)C(=O)Nc2ccc(S(=O)(=O)N3CCCCC3)cc2)C[C@@H](C)O1. The summed E-state index contributed by atoms with van der Waals surface area (Å²) in [4.78, 5) is 15.0. The van der Waals surface area contributed by atoms with Crippen molar-refractivity contribution in [2.75, 3.05) is 31.5 Å². The van der Waals surface area contributed by atoms with Crippen LogP contribution in [0.1, 0.15) is 40.0 Å². The molecule has 7 nitrogen and oxygen atoms in total. The summed E-state index contributed by atoms with van der Waals surface area (Å²) in [5, 5.41) is 2.90. The highest BCUT2D eigenvalue weighted by molar-refractivity contribution is 7.89. The maximum atomic E-state index is 12.7. The third-order valence-electron chi connectivity index (χ3n) is 5.45. The van der Waals surface area contributed by atoms with E-state index in [4.69, 9.17) is 4.74 Å². The van der Waals surface area contributed by atoms with Crippen LogP contribution in [-0.2, 0) is 19.6 Å². The van der Waals surface area contributed by atoms with Gasteiger partial charge in [-0.2, -0.15) is 4.31 Å². The van der Waals surface area contributed by atoms with Crippen LogP contribution in [0.4, 0.5) is 5.69 Å². The molecule has 2 aliphatic heterocycles. The van der Waals surface area contributed by atoms with Crippen LogP contribution in [0.5, 0.6) is 0 Å². The normalized spacial score (nSPS) is 26.0. The molecule has 0 spiro atoms. The van der Waals surface area contributed by atoms with Crippen molar-refractivity contribution in [2.45, 2.75) is 63.2 Å². The van der Waals surface area contributed by atoms with Crippen molar-refractivity contribution >= 4 is 21.6 Å². The molecule has 2 saturated heterocycles. The van der Waals surface area contributed by atoms with E-state index >= 15 is 0 Å². The number of amides is 1. The van der Waals surface area contributed by atoms with Crippen molar-refractivity contribution in [1.82, 2.24) is 9.21 Å². The Morgan fingerprint density at radius 3 is 2.21 bits per heavy atom. The number of piperidine rings is 1. The fourth-order valence-corrected chi connectivity index (χ4v) is 5.43. The zero-order valence-corrected chi connectivity index (χ0v) is 17.7. The predicted molar refractivity (Wildman–Crippen MR) is 109 cm³/mol. The van der Waals surface area contributed by atoms with Gasteiger partial charge in [-0.15, -0.1) is 0 Å². The first-order chi connectivity index (χ1) is 13.3. The number of benzene rings is 1. The maximum absolute atomic E-state index is 12.7. The summed E-state index contributed by atoms with van der Waals surface area (Å²) >= 11 is 0. The lowest BCUT2D eigenvalue weighted by atomic mass is 10.1. The van der Waals surface area contributed by atoms with Gasteiger partial charge in [0.15, 0.2) is 0 Å². The van der Waals surface area contributed by atoms with Crippen LogP contribution in [0.25, 0.3) is 0 Å². The van der Waals surface area contributed by atoms with E-state index in [2.05, 4.69) is 10.2 Å². The quantitative estimate of drug-likeness (QED) is 0.807. The van der Waals surface area contributed by atoms with Gasteiger partial charge in [0, 0.05) is 31.9 Å². The number of sulfonamides is 1. The van der Waals surface area contributed by atoms with Gasteiger partial charge in [-0.1, -0.05) is 6.42 Å². The largest absolute Gasteiger partial charge is 0.373 e. The van der Waals surface area contributed by atoms with Crippen LogP contribution in [-0.4, -0.2) is 68.0 Å². The number of carbonyl (C=O) groups excluding carboxylic acids is 1. The second kappa shape index (κ2) is 8.90. The van der Waals surface area contributed by atoms with Crippen LogP contribution < -0.4 is 5.32 Å². The molecule has 0 unspecified atom stereocenters. The summed E-state index contributed by atoms with van der Waals surface area (Å²) in [5.74, 6) is -0.104. The Kier molecular flexibility index (Phi) is 6.75. The van der Waals surface area contributed by atoms with E-state index in [1.165, 1.54) is 0 Å². The Morgan fingerprint density at radius 1 is 1.07 bits per heavy atom. The van der Waals surface area contributed by atoms with Crippen molar-refractivity contribution in [3.63, 3.8) is 0 Å². The molecule has 1 N–H and O–H groups in total. The minimum Gasteiger partial charge on any atom is -0.373 e. The molecular weight excluding hydrogens is 378 g/mol. The summed E-state index contributed by atoms with van der Waals surface area (Å²) in [7, 11) is -3.45. The second-order valence-corrected chi connectivity index (χ2v) is 9.80. The number of nitrogens with one attached hydrogen (secondary N) is 1. The molecule has 2 aliphatic rings. The van der Waals surface area contributed by atoms with Gasteiger partial charge >= 0.3 is 0 Å². The number of rotatable bonds is 5. The molecule has 0 aromatic heterocycles. The molecule has 2 fully saturated rings. The highest BCUT2D eigenvalue weighted by atomic mass is 32.2. The summed E-state index contributed by atoms with van der Waals surface area (Å²) in [6.07, 6.45) is 3.08. The molecule has 8 heteroatoms. The third kappa shape index (κ3) is 4.92. The number of hydrogen-bond donors (Lipinski definition) is 1. The van der Waals surface area contributed by atoms with E-state index in [1.807, 2.05) is 20.8 Å². The van der Waals surface area contributed by atoms with E-state index in [0.717, 1.165) is 19.3 Å². The summed E-state index contributed by atoms with van der Waals surface area (Å²) < 4.78 is 32.7. The molecular formula is C20H31N3O4S. The molecule has 1 aromatic carbocycles. The number of carbonyl (C=O) groups is 1. The van der Waals surface area contributed by atoms with Gasteiger partial charge in [0.25, 0.3) is 0 Å². The number of morpholine rings is 1. The van der Waals surface area contributed by atoms with Crippen LogP contribution in [0, 0.1) is 0 Å². The average molecular weight is 410 g/mol. The number of ether oxygens (including phenoxy) is 1. The van der Waals surface area contributed by atoms with Crippen molar-refractivity contribution in [3.05, 3.63) is 24.3 Å². The molecule has 0 bridgehead atoms. The predicted octanol–water partition coefficient (Wildman–Crippen LogP) is 2.30. The lowest BCUT2D eigenvalue weighted by molar-refractivity contribution is -0.126. The first kappa shape index (κ1) is 21.2. The van der Waals surface area contributed by atoms with E-state index in [-0.39, 0.29) is 29.1 Å². The lowest BCUT2D eigenvalue weighted by Gasteiger charge is -2.38. The summed E-state index contributed by atoms with van der Waals surface area (Å²) in [5.41, 5.74) is 0.601. The molecule has 0 aliphatic carbocycles. The number of nitrogens with zero attached hydrogens (tertiary/aromatic N) is 2. The Balaban J connectivity index is 1.62. The number of anilines is 1. The Hall–Kier alpha value is -1.48. The monoisotopic (exact) mass is 409 g/mol. The molecule has 3 atom stereocenters. The molecule has 0 radical (unpaired) electrons. The molecule has 156 valence electrons. The van der Waals surface area contributed by atoms with Gasteiger partial charge < -0.3 is 10.1 Å². The Labute approximate surface area is 168 Å². The van der Waals surface area contributed by atoms with Gasteiger partial charge in [0.1, 0.15) is 0 Å². The fourth-order valence-electron chi connectivity index (χ4n) is 3.91. The zero-order valence-electron chi connectivity index (χ0n) is 16.9. The van der Waals surface area contributed by atoms with Gasteiger partial charge in [-0.05, 0) is 57.9 Å². The van der Waals surface area contributed by atoms with Crippen LogP contribution in [0.15, 0.2) is 29.2 Å². The van der Waals surface area contributed by atoms with E-state index in [0.29, 0.717) is 31.9 Å². The first-order valence-corrected chi connectivity index (χ1v) is 11.5. The Bertz CT molecular complexity index is 765. The summed E-state index contributed by atoms with van der Waals surface area (Å²) in [6, 6.07) is 6.18. The van der Waals surface area contributed by atoms with E-state index < -0.39 is 10.0 Å². The van der Waals surface area contributed by atoms with Crippen LogP contribution >= 0.6 is 0 Å². The average Bonchev–Trinajstić information content (AvgIpc) is 2.67. The van der Waals surface area contributed by atoms with Gasteiger partial charge in [-0.25, -0.2) is 8.42 Å². The van der Waals surface area contributed by atoms with Gasteiger partial charge in [0.2, 0.25) is 15.9 Å². The highest BCUT2D eigenvalue weighted by Gasteiger charge is 2.29. The molecule has 2 heterocycles. The number of hydrogen-bond acceptors (Lipinski definition) is 5. The summed E-state index contributed by atoms with van der Waals surface area (Å²) in [6.45, 7) is 8.49. The van der Waals surface area contributed by atoms with Gasteiger partial charge in [-0.3, -0.25) is 9.69 Å². The maximum Gasteiger partial charge on any atom is 0.243 e. The zero-order chi connectivity index (χ0) is 20.3. The second-order valence-electron chi connectivity index (χ2n) is 7.87. The van der Waals surface area contributed by atoms with Crippen LogP contribution in [0.2, 0.25) is 0 Å². The third-order valence-corrected chi connectivity index (χ3v) is 7.36.